The van der Waals surface area contributed by atoms with Crippen LogP contribution >= 0.6 is 23.6 Å². The van der Waals surface area contributed by atoms with Crippen molar-refractivity contribution < 1.29 is 4.79 Å². The van der Waals surface area contributed by atoms with Gasteiger partial charge in [0.1, 0.15) is 0 Å². The zero-order chi connectivity index (χ0) is 10.7. The topological polar surface area (TPSA) is 48.0 Å². The van der Waals surface area contributed by atoms with E-state index in [4.69, 9.17) is 18.0 Å². The molecule has 0 saturated heterocycles. The van der Waals surface area contributed by atoms with Gasteiger partial charge in [-0.15, -0.1) is 11.3 Å². The van der Waals surface area contributed by atoms with Crippen LogP contribution in [-0.2, 0) is 11.3 Å². The van der Waals surface area contributed by atoms with Crippen molar-refractivity contribution in [3.05, 3.63) is 13.8 Å². The largest absolute Gasteiger partial charge is 0.370 e. The van der Waals surface area contributed by atoms with Gasteiger partial charge < -0.3 is 10.3 Å². The minimum atomic E-state index is -0.285. The van der Waals surface area contributed by atoms with Gasteiger partial charge in [-0.3, -0.25) is 4.79 Å². The van der Waals surface area contributed by atoms with Gasteiger partial charge in [-0.25, -0.2) is 0 Å². The molecule has 0 saturated carbocycles. The van der Waals surface area contributed by atoms with Gasteiger partial charge in [0.05, 0.1) is 5.35 Å². The number of carbonyl (C=O) groups excluding carboxylic acids is 1. The first kappa shape index (κ1) is 11.1. The van der Waals surface area contributed by atoms with Crippen molar-refractivity contribution in [3.63, 3.8) is 0 Å². The van der Waals surface area contributed by atoms with Gasteiger partial charge in [-0.2, -0.15) is 0 Å². The second-order valence-corrected chi connectivity index (χ2v) is 4.69. The Labute approximate surface area is 91.2 Å². The van der Waals surface area contributed by atoms with Gasteiger partial charge in [0.2, 0.25) is 5.91 Å². The Hall–Kier alpha value is -0.940. The predicted molar refractivity (Wildman–Crippen MR) is 61.9 cm³/mol. The molecule has 0 aromatic carbocycles. The molecule has 1 aromatic heterocycles. The molecule has 0 spiro atoms. The van der Waals surface area contributed by atoms with Gasteiger partial charge in [-0.05, 0) is 18.6 Å². The van der Waals surface area contributed by atoms with Crippen molar-refractivity contribution in [1.82, 2.24) is 4.57 Å². The molecule has 0 aliphatic rings. The summed E-state index contributed by atoms with van der Waals surface area (Å²) in [5, 5.41) is 0.837. The van der Waals surface area contributed by atoms with Crippen molar-refractivity contribution in [2.75, 3.05) is 0 Å². The maximum atomic E-state index is 10.5. The molecule has 3 nitrogen and oxygen atoms in total. The fourth-order valence-corrected chi connectivity index (χ4v) is 2.37. The van der Waals surface area contributed by atoms with Crippen molar-refractivity contribution >= 4 is 42.6 Å². The Morgan fingerprint density at radius 1 is 1.57 bits per heavy atom. The van der Waals surface area contributed by atoms with E-state index in [1.54, 1.807) is 0 Å². The van der Waals surface area contributed by atoms with E-state index in [9.17, 15) is 4.79 Å². The van der Waals surface area contributed by atoms with Crippen molar-refractivity contribution in [2.24, 2.45) is 5.73 Å². The summed E-state index contributed by atoms with van der Waals surface area (Å²) in [6, 6.07) is 0. The quantitative estimate of drug-likeness (QED) is 0.757. The third-order valence-corrected chi connectivity index (χ3v) is 3.23. The molecule has 14 heavy (non-hydrogen) atoms. The van der Waals surface area contributed by atoms with E-state index >= 15 is 0 Å². The standard InChI is InChI=1S/C9H12N2OS2/c1-6-7(2)14-9(13)11(6)5-3-4-8(10)12/h1-5H2,(H2,10,12). The summed E-state index contributed by atoms with van der Waals surface area (Å²) in [4.78, 5) is 10.5. The van der Waals surface area contributed by atoms with Gasteiger partial charge >= 0.3 is 0 Å². The average molecular weight is 228 g/mol. The third kappa shape index (κ3) is 2.52. The summed E-state index contributed by atoms with van der Waals surface area (Å²) in [7, 11) is 0. The summed E-state index contributed by atoms with van der Waals surface area (Å²) in [5.74, 6) is -0.285. The lowest BCUT2D eigenvalue weighted by molar-refractivity contribution is -0.118. The van der Waals surface area contributed by atoms with Crippen LogP contribution in [0.1, 0.15) is 12.8 Å². The lowest BCUT2D eigenvalue weighted by Gasteiger charge is -2.00. The molecule has 0 bridgehead atoms. The molecular formula is C9H12N2OS2. The highest BCUT2D eigenvalue weighted by Gasteiger charge is 1.99. The summed E-state index contributed by atoms with van der Waals surface area (Å²) >= 11 is 6.57. The van der Waals surface area contributed by atoms with Crippen LogP contribution in [-0.4, -0.2) is 10.5 Å². The second-order valence-electron chi connectivity index (χ2n) is 2.96. The Morgan fingerprint density at radius 2 is 2.21 bits per heavy atom. The normalized spacial score (nSPS) is 10.3. The molecule has 0 aliphatic heterocycles. The van der Waals surface area contributed by atoms with Crippen LogP contribution < -0.4 is 15.6 Å². The molecule has 1 rings (SSSR count). The van der Waals surface area contributed by atoms with E-state index < -0.39 is 0 Å². The number of nitrogens with zero attached hydrogens (tertiary/aromatic N) is 1. The number of carbonyl (C=O) groups is 1. The van der Waals surface area contributed by atoms with E-state index in [0.717, 1.165) is 13.8 Å². The van der Waals surface area contributed by atoms with Gasteiger partial charge in [0.15, 0.2) is 3.95 Å². The summed E-state index contributed by atoms with van der Waals surface area (Å²) in [6.07, 6.45) is 1.08. The molecule has 0 unspecified atom stereocenters. The Kier molecular flexibility index (Phi) is 3.60. The molecular weight excluding hydrogens is 216 g/mol. The molecule has 0 radical (unpaired) electrons. The molecule has 76 valence electrons. The maximum Gasteiger partial charge on any atom is 0.217 e. The minimum Gasteiger partial charge on any atom is -0.370 e. The molecule has 0 aliphatic carbocycles. The van der Waals surface area contributed by atoms with Crippen LogP contribution in [0.25, 0.3) is 13.2 Å². The first-order valence-electron chi connectivity index (χ1n) is 4.18. The Balaban J connectivity index is 2.78. The van der Waals surface area contributed by atoms with E-state index in [1.807, 2.05) is 4.57 Å². The SMILES string of the molecule is C=c1sc(=S)n(CCCC(N)=O)c1=C. The molecule has 5 heteroatoms. The number of hydrogen-bond acceptors (Lipinski definition) is 3. The molecule has 0 atom stereocenters. The average Bonchev–Trinajstić information content (AvgIpc) is 2.31. The molecule has 0 fully saturated rings. The zero-order valence-corrected chi connectivity index (χ0v) is 9.42. The van der Waals surface area contributed by atoms with E-state index in [0.29, 0.717) is 19.4 Å². The summed E-state index contributed by atoms with van der Waals surface area (Å²) in [6.45, 7) is 8.38. The first-order chi connectivity index (χ1) is 6.52. The fourth-order valence-electron chi connectivity index (χ4n) is 1.12. The summed E-state index contributed by atoms with van der Waals surface area (Å²) < 4.78 is 3.53. The highest BCUT2D eigenvalue weighted by molar-refractivity contribution is 7.73. The van der Waals surface area contributed by atoms with Gasteiger partial charge in [-0.1, -0.05) is 13.2 Å². The van der Waals surface area contributed by atoms with Crippen LogP contribution in [0.2, 0.25) is 0 Å². The van der Waals surface area contributed by atoms with E-state index in [2.05, 4.69) is 13.2 Å². The predicted octanol–water partition coefficient (Wildman–Crippen LogP) is 0.365. The second kappa shape index (κ2) is 4.52. The van der Waals surface area contributed by atoms with Gasteiger partial charge in [0.25, 0.3) is 0 Å². The van der Waals surface area contributed by atoms with Crippen LogP contribution in [0.15, 0.2) is 0 Å². The summed E-state index contributed by atoms with van der Waals surface area (Å²) in [5.41, 5.74) is 5.04. The lowest BCUT2D eigenvalue weighted by atomic mass is 10.3. The number of primary amides is 1. The monoisotopic (exact) mass is 228 g/mol. The van der Waals surface area contributed by atoms with Crippen molar-refractivity contribution in [3.8, 4) is 0 Å². The fraction of sp³-hybridized carbons (Fsp3) is 0.333. The number of thiazole rings is 1. The van der Waals surface area contributed by atoms with Crippen LogP contribution in [0.5, 0.6) is 0 Å². The van der Waals surface area contributed by atoms with Crippen molar-refractivity contribution in [1.29, 1.82) is 0 Å². The number of amides is 1. The highest BCUT2D eigenvalue weighted by Crippen LogP contribution is 1.96. The first-order valence-corrected chi connectivity index (χ1v) is 5.40. The number of aromatic nitrogens is 1. The smallest absolute Gasteiger partial charge is 0.217 e. The number of hydrogen-bond donors (Lipinski definition) is 1. The molecule has 1 aromatic rings. The third-order valence-electron chi connectivity index (χ3n) is 1.88. The molecule has 2 N–H and O–H groups in total. The van der Waals surface area contributed by atoms with Gasteiger partial charge in [0, 0.05) is 17.5 Å². The Morgan fingerprint density at radius 3 is 2.64 bits per heavy atom. The lowest BCUT2D eigenvalue weighted by Crippen LogP contribution is -2.26. The van der Waals surface area contributed by atoms with Crippen molar-refractivity contribution in [2.45, 2.75) is 19.4 Å². The van der Waals surface area contributed by atoms with E-state index in [-0.39, 0.29) is 5.91 Å². The highest BCUT2D eigenvalue weighted by atomic mass is 32.1. The molecule has 1 amide bonds. The zero-order valence-electron chi connectivity index (χ0n) is 7.78. The minimum absolute atomic E-state index is 0.285. The van der Waals surface area contributed by atoms with Crippen LogP contribution in [0, 0.1) is 3.95 Å². The maximum absolute atomic E-state index is 10.5. The van der Waals surface area contributed by atoms with Crippen LogP contribution in [0.4, 0.5) is 0 Å². The molecule has 1 heterocycles. The number of rotatable bonds is 4. The van der Waals surface area contributed by atoms with E-state index in [1.165, 1.54) is 11.3 Å². The Bertz CT molecular complexity index is 486. The van der Waals surface area contributed by atoms with Crippen LogP contribution in [0.3, 0.4) is 0 Å². The number of nitrogens with two attached hydrogens (primary N) is 1.